The lowest BCUT2D eigenvalue weighted by molar-refractivity contribution is 0.487. The molecular weight excluding hydrogens is 717 g/mol. The Labute approximate surface area is 341 Å². The molecule has 11 aromatic rings. The summed E-state index contributed by atoms with van der Waals surface area (Å²) in [4.78, 5) is 0. The minimum atomic E-state index is -0.611. The molecule has 0 spiro atoms. The first-order valence-corrected chi connectivity index (χ1v) is 20.3. The average molecular weight is 751 g/mol. The molecule has 13 rings (SSSR count). The molecule has 59 heavy (non-hydrogen) atoms. The van der Waals surface area contributed by atoms with Crippen molar-refractivity contribution in [3.63, 3.8) is 0 Å². The van der Waals surface area contributed by atoms with Gasteiger partial charge in [0.15, 0.2) is 0 Å². The van der Waals surface area contributed by atoms with Crippen LogP contribution in [-0.2, 0) is 5.41 Å². The standard InChI is InChI=1S/C57H34O2/c1-3-16-39(17-4-1)57(40-18-5-2-6-19-40)49-32-36-15-8-7-14-35(36)30-48(49)55-47(37-26-27-44-42-20-9-11-24-51(42)59-54(44)34-37)31-38(33-50(55)57)41-28-29-53-56-45(41)22-13-23-46(56)43-21-10-12-25-52(43)58-53/h1-34H. The van der Waals surface area contributed by atoms with Crippen molar-refractivity contribution < 1.29 is 9.15 Å². The van der Waals surface area contributed by atoms with Crippen molar-refractivity contribution in [3.05, 3.63) is 229 Å². The second kappa shape index (κ2) is 12.2. The highest BCUT2D eigenvalue weighted by molar-refractivity contribution is 6.12. The van der Waals surface area contributed by atoms with Crippen LogP contribution >= 0.6 is 0 Å². The predicted octanol–water partition coefficient (Wildman–Crippen LogP) is 15.4. The Morgan fingerprint density at radius 2 is 1.02 bits per heavy atom. The summed E-state index contributed by atoms with van der Waals surface area (Å²) < 4.78 is 13.2. The molecule has 0 saturated carbocycles. The molecule has 2 heteroatoms. The van der Waals surface area contributed by atoms with Gasteiger partial charge in [-0.3, -0.25) is 0 Å². The van der Waals surface area contributed by atoms with Crippen molar-refractivity contribution in [1.29, 1.82) is 0 Å². The first kappa shape index (κ1) is 32.4. The van der Waals surface area contributed by atoms with E-state index in [9.17, 15) is 0 Å². The van der Waals surface area contributed by atoms with Gasteiger partial charge in [-0.25, -0.2) is 0 Å². The first-order chi connectivity index (χ1) is 29.2. The summed E-state index contributed by atoms with van der Waals surface area (Å²) in [5.74, 6) is 1.78. The molecule has 1 aromatic heterocycles. The SMILES string of the molecule is c1ccc(C2(c3ccccc3)c3cc4ccccc4cc3-c3c(-c4ccc5c(c4)oc4ccccc45)cc(-c4ccc5c6c(cccc46)-c4ccccc4O5)cc32)cc1. The number of hydrogen-bond acceptors (Lipinski definition) is 2. The summed E-state index contributed by atoms with van der Waals surface area (Å²) >= 11 is 0. The van der Waals surface area contributed by atoms with Crippen LogP contribution in [0.25, 0.3) is 88.0 Å². The van der Waals surface area contributed by atoms with E-state index in [-0.39, 0.29) is 0 Å². The van der Waals surface area contributed by atoms with E-state index in [1.54, 1.807) is 0 Å². The van der Waals surface area contributed by atoms with Gasteiger partial charge in [-0.1, -0.05) is 152 Å². The van der Waals surface area contributed by atoms with Crippen LogP contribution in [0.5, 0.6) is 11.5 Å². The molecular formula is C57H34O2. The maximum Gasteiger partial charge on any atom is 0.136 e. The molecule has 0 saturated heterocycles. The van der Waals surface area contributed by atoms with Crippen molar-refractivity contribution in [3.8, 4) is 56.0 Å². The minimum Gasteiger partial charge on any atom is -0.456 e. The van der Waals surface area contributed by atoms with Crippen molar-refractivity contribution in [1.82, 2.24) is 0 Å². The fourth-order valence-corrected chi connectivity index (χ4v) is 10.4. The lowest BCUT2D eigenvalue weighted by atomic mass is 9.67. The summed E-state index contributed by atoms with van der Waals surface area (Å²) in [6, 6.07) is 75.4. The van der Waals surface area contributed by atoms with Gasteiger partial charge in [-0.05, 0) is 132 Å². The van der Waals surface area contributed by atoms with Gasteiger partial charge in [0.1, 0.15) is 22.7 Å². The third kappa shape index (κ3) is 4.51. The highest BCUT2D eigenvalue weighted by Crippen LogP contribution is 2.60. The van der Waals surface area contributed by atoms with E-state index >= 15 is 0 Å². The zero-order valence-electron chi connectivity index (χ0n) is 31.9. The Morgan fingerprint density at radius 3 is 1.85 bits per heavy atom. The summed E-state index contributed by atoms with van der Waals surface area (Å²) in [5, 5.41) is 7.01. The largest absolute Gasteiger partial charge is 0.456 e. The monoisotopic (exact) mass is 750 g/mol. The summed E-state index contributed by atoms with van der Waals surface area (Å²) in [5.41, 5.74) is 15.6. The quantitative estimate of drug-likeness (QED) is 0.179. The van der Waals surface area contributed by atoms with Crippen LogP contribution in [0.1, 0.15) is 22.3 Å². The number of ether oxygens (including phenoxy) is 1. The molecule has 2 aliphatic rings. The van der Waals surface area contributed by atoms with E-state index in [0.29, 0.717) is 0 Å². The second-order valence-corrected chi connectivity index (χ2v) is 15.9. The van der Waals surface area contributed by atoms with Gasteiger partial charge in [0.05, 0.1) is 5.41 Å². The Kier molecular flexibility index (Phi) is 6.68. The Hall–Kier alpha value is -7.68. The second-order valence-electron chi connectivity index (χ2n) is 15.9. The Bertz CT molecular complexity index is 3480. The van der Waals surface area contributed by atoms with Gasteiger partial charge >= 0.3 is 0 Å². The van der Waals surface area contributed by atoms with Gasteiger partial charge in [0.2, 0.25) is 0 Å². The number of fused-ring (bicyclic) bond motifs is 9. The number of para-hydroxylation sites is 2. The van der Waals surface area contributed by atoms with Crippen LogP contribution in [0.2, 0.25) is 0 Å². The lowest BCUT2D eigenvalue weighted by Gasteiger charge is -2.34. The zero-order chi connectivity index (χ0) is 38.7. The average Bonchev–Trinajstić information content (AvgIpc) is 3.81. The van der Waals surface area contributed by atoms with E-state index in [1.807, 2.05) is 12.1 Å². The molecule has 0 amide bonds. The van der Waals surface area contributed by atoms with Gasteiger partial charge in [-0.2, -0.15) is 0 Å². The topological polar surface area (TPSA) is 22.4 Å². The normalized spacial score (nSPS) is 13.4. The Balaban J connectivity index is 1.19. The van der Waals surface area contributed by atoms with E-state index < -0.39 is 5.41 Å². The fraction of sp³-hybridized carbons (Fsp3) is 0.0175. The lowest BCUT2D eigenvalue weighted by Crippen LogP contribution is -2.28. The van der Waals surface area contributed by atoms with Crippen LogP contribution < -0.4 is 4.74 Å². The molecule has 0 N–H and O–H groups in total. The number of benzene rings is 10. The van der Waals surface area contributed by atoms with Crippen molar-refractivity contribution in [2.45, 2.75) is 5.41 Å². The first-order valence-electron chi connectivity index (χ1n) is 20.3. The molecule has 0 unspecified atom stereocenters. The molecule has 0 bridgehead atoms. The van der Waals surface area contributed by atoms with E-state index in [1.165, 1.54) is 66.2 Å². The summed E-state index contributed by atoms with van der Waals surface area (Å²) in [6.07, 6.45) is 0. The van der Waals surface area contributed by atoms with Crippen LogP contribution in [-0.4, -0.2) is 0 Å². The third-order valence-corrected chi connectivity index (χ3v) is 12.9. The fourth-order valence-electron chi connectivity index (χ4n) is 10.4. The molecule has 0 fully saturated rings. The molecule has 0 radical (unpaired) electrons. The van der Waals surface area contributed by atoms with Crippen molar-refractivity contribution >= 4 is 43.5 Å². The summed E-state index contributed by atoms with van der Waals surface area (Å²) in [7, 11) is 0. The maximum atomic E-state index is 6.59. The highest BCUT2D eigenvalue weighted by atomic mass is 16.5. The van der Waals surface area contributed by atoms with Crippen molar-refractivity contribution in [2.24, 2.45) is 0 Å². The molecule has 2 nitrogen and oxygen atoms in total. The van der Waals surface area contributed by atoms with Gasteiger partial charge < -0.3 is 9.15 Å². The number of furan rings is 1. The minimum absolute atomic E-state index is 0.611. The molecule has 1 aliphatic heterocycles. The number of hydrogen-bond donors (Lipinski definition) is 0. The van der Waals surface area contributed by atoms with Crippen LogP contribution in [0.3, 0.4) is 0 Å². The third-order valence-electron chi connectivity index (χ3n) is 12.9. The summed E-state index contributed by atoms with van der Waals surface area (Å²) in [6.45, 7) is 0. The molecule has 0 atom stereocenters. The van der Waals surface area contributed by atoms with E-state index in [2.05, 4.69) is 194 Å². The van der Waals surface area contributed by atoms with Gasteiger partial charge in [-0.15, -0.1) is 0 Å². The maximum absolute atomic E-state index is 6.59. The zero-order valence-corrected chi connectivity index (χ0v) is 31.9. The van der Waals surface area contributed by atoms with E-state index in [0.717, 1.165) is 55.5 Å². The van der Waals surface area contributed by atoms with Crippen LogP contribution in [0, 0.1) is 0 Å². The van der Waals surface area contributed by atoms with Crippen LogP contribution in [0.4, 0.5) is 0 Å². The molecule has 274 valence electrons. The number of rotatable bonds is 4. The highest BCUT2D eigenvalue weighted by Gasteiger charge is 2.47. The van der Waals surface area contributed by atoms with Crippen molar-refractivity contribution in [2.75, 3.05) is 0 Å². The smallest absolute Gasteiger partial charge is 0.136 e. The van der Waals surface area contributed by atoms with Gasteiger partial charge in [0.25, 0.3) is 0 Å². The van der Waals surface area contributed by atoms with Gasteiger partial charge in [0, 0.05) is 21.7 Å². The molecule has 2 heterocycles. The molecule has 1 aliphatic carbocycles. The van der Waals surface area contributed by atoms with Crippen LogP contribution in [0.15, 0.2) is 211 Å². The Morgan fingerprint density at radius 1 is 0.339 bits per heavy atom. The van der Waals surface area contributed by atoms with E-state index in [4.69, 9.17) is 9.15 Å². The molecule has 10 aromatic carbocycles. The predicted molar refractivity (Wildman–Crippen MR) is 242 cm³/mol.